The molecule has 1 amide bonds. The second kappa shape index (κ2) is 6.11. The number of amides is 1. The monoisotopic (exact) mass is 340 g/mol. The Balaban J connectivity index is 2.20. The van der Waals surface area contributed by atoms with Crippen LogP contribution in [-0.2, 0) is 4.79 Å². The zero-order valence-corrected chi connectivity index (χ0v) is 11.8. The Kier molecular flexibility index (Phi) is 4.46. The molecule has 0 aliphatic carbocycles. The van der Waals surface area contributed by atoms with Crippen molar-refractivity contribution in [2.45, 2.75) is 6.04 Å². The first-order valence-electron chi connectivity index (χ1n) is 5.75. The highest BCUT2D eigenvalue weighted by Crippen LogP contribution is 2.24. The highest BCUT2D eigenvalue weighted by Gasteiger charge is 2.19. The fourth-order valence-electron chi connectivity index (χ4n) is 1.67. The Morgan fingerprint density at radius 3 is 2.25 bits per heavy atom. The maximum absolute atomic E-state index is 13.6. The van der Waals surface area contributed by atoms with Gasteiger partial charge in [0.25, 0.3) is 0 Å². The van der Waals surface area contributed by atoms with E-state index in [1.165, 1.54) is 0 Å². The van der Waals surface area contributed by atoms with Crippen molar-refractivity contribution in [3.8, 4) is 0 Å². The van der Waals surface area contributed by atoms with E-state index in [0.29, 0.717) is 5.56 Å². The van der Waals surface area contributed by atoms with Gasteiger partial charge < -0.3 is 11.1 Å². The zero-order chi connectivity index (χ0) is 14.7. The molecule has 1 atom stereocenters. The molecule has 0 saturated heterocycles. The van der Waals surface area contributed by atoms with Gasteiger partial charge in [-0.05, 0) is 17.7 Å². The van der Waals surface area contributed by atoms with Crippen molar-refractivity contribution in [2.24, 2.45) is 5.73 Å². The Labute approximate surface area is 122 Å². The van der Waals surface area contributed by atoms with Crippen LogP contribution in [0.2, 0.25) is 0 Å². The lowest BCUT2D eigenvalue weighted by Crippen LogP contribution is -2.28. The van der Waals surface area contributed by atoms with Crippen LogP contribution >= 0.6 is 15.9 Å². The number of benzene rings is 2. The van der Waals surface area contributed by atoms with Crippen molar-refractivity contribution >= 4 is 27.5 Å². The van der Waals surface area contributed by atoms with Gasteiger partial charge in [0, 0.05) is 4.47 Å². The summed E-state index contributed by atoms with van der Waals surface area (Å²) in [5, 5.41) is 2.17. The highest BCUT2D eigenvalue weighted by atomic mass is 79.9. The predicted molar refractivity (Wildman–Crippen MR) is 76.1 cm³/mol. The van der Waals surface area contributed by atoms with Crippen LogP contribution in [0.25, 0.3) is 0 Å². The van der Waals surface area contributed by atoms with Crippen LogP contribution in [0.15, 0.2) is 46.9 Å². The minimum atomic E-state index is -1.00. The van der Waals surface area contributed by atoms with Gasteiger partial charge in [0.1, 0.15) is 11.7 Å². The Morgan fingerprint density at radius 1 is 1.15 bits per heavy atom. The lowest BCUT2D eigenvalue weighted by atomic mass is 10.1. The van der Waals surface area contributed by atoms with Gasteiger partial charge in [-0.3, -0.25) is 4.79 Å². The molecule has 2 aromatic carbocycles. The highest BCUT2D eigenvalue weighted by molar-refractivity contribution is 9.10. The maximum atomic E-state index is 13.6. The van der Waals surface area contributed by atoms with E-state index in [1.54, 1.807) is 30.3 Å². The van der Waals surface area contributed by atoms with E-state index in [2.05, 4.69) is 21.2 Å². The number of hydrogen-bond acceptors (Lipinski definition) is 2. The third-order valence-electron chi connectivity index (χ3n) is 2.70. The van der Waals surface area contributed by atoms with Crippen molar-refractivity contribution in [3.63, 3.8) is 0 Å². The van der Waals surface area contributed by atoms with Crippen LogP contribution in [-0.4, -0.2) is 5.91 Å². The van der Waals surface area contributed by atoms with E-state index in [9.17, 15) is 13.6 Å². The van der Waals surface area contributed by atoms with Crippen molar-refractivity contribution < 1.29 is 13.6 Å². The molecule has 20 heavy (non-hydrogen) atoms. The molecule has 0 aliphatic heterocycles. The Bertz CT molecular complexity index is 611. The van der Waals surface area contributed by atoms with Crippen molar-refractivity contribution in [2.75, 3.05) is 5.32 Å². The summed E-state index contributed by atoms with van der Waals surface area (Å²) in [6.07, 6.45) is 0. The summed E-state index contributed by atoms with van der Waals surface area (Å²) in [7, 11) is 0. The summed E-state index contributed by atoms with van der Waals surface area (Å²) in [5.41, 5.74) is 5.80. The summed E-state index contributed by atoms with van der Waals surface area (Å²) < 4.78 is 27.5. The van der Waals surface area contributed by atoms with Crippen molar-refractivity contribution in [1.82, 2.24) is 0 Å². The van der Waals surface area contributed by atoms with Gasteiger partial charge in [-0.25, -0.2) is 8.78 Å². The molecule has 0 heterocycles. The number of carbonyl (C=O) groups is 1. The topological polar surface area (TPSA) is 55.1 Å². The molecule has 2 aromatic rings. The predicted octanol–water partition coefficient (Wildman–Crippen LogP) is 3.37. The lowest BCUT2D eigenvalue weighted by molar-refractivity contribution is -0.117. The largest absolute Gasteiger partial charge is 0.320 e. The SMILES string of the molecule is N[C@@H](C(=O)Nc1c(F)cc(Br)cc1F)c1ccccc1. The van der Waals surface area contributed by atoms with Crippen LogP contribution in [0.1, 0.15) is 11.6 Å². The molecule has 104 valence electrons. The van der Waals surface area contributed by atoms with Gasteiger partial charge in [-0.1, -0.05) is 46.3 Å². The Hall–Kier alpha value is -1.79. The standard InChI is InChI=1S/C14H11BrF2N2O/c15-9-6-10(16)13(11(17)7-9)19-14(20)12(18)8-4-2-1-3-5-8/h1-7,12H,18H2,(H,19,20)/t12-/m1/s1. The molecule has 0 unspecified atom stereocenters. The molecular formula is C14H11BrF2N2O. The van der Waals surface area contributed by atoms with Gasteiger partial charge in [-0.15, -0.1) is 0 Å². The first kappa shape index (κ1) is 14.6. The molecular weight excluding hydrogens is 330 g/mol. The molecule has 3 N–H and O–H groups in total. The number of carbonyl (C=O) groups excluding carboxylic acids is 1. The van der Waals surface area contributed by atoms with Gasteiger partial charge in [0.15, 0.2) is 11.6 Å². The molecule has 0 aromatic heterocycles. The maximum Gasteiger partial charge on any atom is 0.246 e. The number of nitrogens with one attached hydrogen (secondary N) is 1. The minimum Gasteiger partial charge on any atom is -0.320 e. The van der Waals surface area contributed by atoms with Gasteiger partial charge in [-0.2, -0.15) is 0 Å². The minimum absolute atomic E-state index is 0.248. The first-order chi connectivity index (χ1) is 9.49. The summed E-state index contributed by atoms with van der Waals surface area (Å²) in [6.45, 7) is 0. The quantitative estimate of drug-likeness (QED) is 0.899. The average Bonchev–Trinajstić information content (AvgIpc) is 2.42. The smallest absolute Gasteiger partial charge is 0.246 e. The van der Waals surface area contributed by atoms with E-state index in [-0.39, 0.29) is 4.47 Å². The van der Waals surface area contributed by atoms with Gasteiger partial charge >= 0.3 is 0 Å². The van der Waals surface area contributed by atoms with Gasteiger partial charge in [0.2, 0.25) is 5.91 Å². The van der Waals surface area contributed by atoms with E-state index in [0.717, 1.165) is 12.1 Å². The van der Waals surface area contributed by atoms with Crippen LogP contribution in [0.4, 0.5) is 14.5 Å². The fourth-order valence-corrected chi connectivity index (χ4v) is 2.08. The number of nitrogens with two attached hydrogens (primary N) is 1. The summed E-state index contributed by atoms with van der Waals surface area (Å²) in [5.74, 6) is -2.42. The summed E-state index contributed by atoms with van der Waals surface area (Å²) >= 11 is 2.96. The number of anilines is 1. The number of hydrogen-bond donors (Lipinski definition) is 2. The van der Waals surface area contributed by atoms with Crippen LogP contribution in [0.5, 0.6) is 0 Å². The molecule has 6 heteroatoms. The fraction of sp³-hybridized carbons (Fsp3) is 0.0714. The van der Waals surface area contributed by atoms with Crippen LogP contribution in [0.3, 0.4) is 0 Å². The van der Waals surface area contributed by atoms with E-state index < -0.39 is 29.3 Å². The second-order valence-electron chi connectivity index (χ2n) is 4.12. The van der Waals surface area contributed by atoms with Crippen LogP contribution < -0.4 is 11.1 Å². The lowest BCUT2D eigenvalue weighted by Gasteiger charge is -2.13. The van der Waals surface area contributed by atoms with Crippen molar-refractivity contribution in [3.05, 3.63) is 64.1 Å². The van der Waals surface area contributed by atoms with E-state index in [4.69, 9.17) is 5.73 Å². The summed E-state index contributed by atoms with van der Waals surface area (Å²) in [4.78, 5) is 11.9. The first-order valence-corrected chi connectivity index (χ1v) is 6.54. The number of rotatable bonds is 3. The third-order valence-corrected chi connectivity index (χ3v) is 3.15. The second-order valence-corrected chi connectivity index (χ2v) is 5.04. The molecule has 0 spiro atoms. The summed E-state index contributed by atoms with van der Waals surface area (Å²) in [6, 6.07) is 9.68. The van der Waals surface area contributed by atoms with E-state index in [1.807, 2.05) is 0 Å². The van der Waals surface area contributed by atoms with Gasteiger partial charge in [0.05, 0.1) is 0 Å². The molecule has 0 aliphatic rings. The molecule has 0 saturated carbocycles. The molecule has 2 rings (SSSR count). The zero-order valence-electron chi connectivity index (χ0n) is 10.2. The third kappa shape index (κ3) is 3.20. The molecule has 0 radical (unpaired) electrons. The average molecular weight is 341 g/mol. The molecule has 0 bridgehead atoms. The normalized spacial score (nSPS) is 12.0. The van der Waals surface area contributed by atoms with Crippen LogP contribution in [0, 0.1) is 11.6 Å². The molecule has 0 fully saturated rings. The Morgan fingerprint density at radius 2 is 1.70 bits per heavy atom. The van der Waals surface area contributed by atoms with Crippen molar-refractivity contribution in [1.29, 1.82) is 0 Å². The van der Waals surface area contributed by atoms with E-state index >= 15 is 0 Å². The molecule has 3 nitrogen and oxygen atoms in total. The number of halogens is 3.